The Morgan fingerprint density at radius 3 is 2.15 bits per heavy atom. The Kier molecular flexibility index (Phi) is 5.96. The van der Waals surface area contributed by atoms with Crippen molar-refractivity contribution in [3.63, 3.8) is 0 Å². The maximum Gasteiger partial charge on any atom is 0.325 e. The van der Waals surface area contributed by atoms with Crippen LogP contribution in [-0.2, 0) is 19.1 Å². The van der Waals surface area contributed by atoms with Crippen LogP contribution in [0.5, 0.6) is 5.75 Å². The largest absolute Gasteiger partial charge is 0.496 e. The molecule has 0 fully saturated rings. The van der Waals surface area contributed by atoms with Gasteiger partial charge in [0.15, 0.2) is 5.92 Å². The van der Waals surface area contributed by atoms with Crippen LogP contribution in [0.25, 0.3) is 0 Å². The highest BCUT2D eigenvalue weighted by Crippen LogP contribution is 2.29. The zero-order valence-corrected chi connectivity index (χ0v) is 11.6. The Balaban J connectivity index is 3.25. The SMILES string of the molecule is CCOC(=O)C(C(=O)OCC)c1cc(F)ccc1OC. The molecule has 0 aliphatic heterocycles. The van der Waals surface area contributed by atoms with Crippen molar-refractivity contribution in [2.75, 3.05) is 20.3 Å². The van der Waals surface area contributed by atoms with E-state index in [0.717, 1.165) is 6.07 Å². The van der Waals surface area contributed by atoms with Gasteiger partial charge in [-0.2, -0.15) is 0 Å². The third kappa shape index (κ3) is 3.69. The van der Waals surface area contributed by atoms with Gasteiger partial charge in [0, 0.05) is 5.56 Å². The van der Waals surface area contributed by atoms with E-state index >= 15 is 0 Å². The summed E-state index contributed by atoms with van der Waals surface area (Å²) in [5.74, 6) is -3.32. The molecule has 0 atom stereocenters. The van der Waals surface area contributed by atoms with Crippen LogP contribution in [0.2, 0.25) is 0 Å². The summed E-state index contributed by atoms with van der Waals surface area (Å²) >= 11 is 0. The predicted octanol–water partition coefficient (Wildman–Crippen LogP) is 2.04. The standard InChI is InChI=1S/C14H17FO5/c1-4-19-13(16)12(14(17)20-5-2)10-8-9(15)6-7-11(10)18-3/h6-8,12H,4-5H2,1-3H3. The second-order valence-corrected chi connectivity index (χ2v) is 3.82. The van der Waals surface area contributed by atoms with E-state index in [1.165, 1.54) is 19.2 Å². The molecule has 0 saturated carbocycles. The van der Waals surface area contributed by atoms with E-state index in [4.69, 9.17) is 14.2 Å². The number of hydrogen-bond acceptors (Lipinski definition) is 5. The molecule has 110 valence electrons. The van der Waals surface area contributed by atoms with Crippen molar-refractivity contribution in [2.45, 2.75) is 19.8 Å². The number of ether oxygens (including phenoxy) is 3. The molecule has 5 nitrogen and oxygen atoms in total. The highest BCUT2D eigenvalue weighted by molar-refractivity contribution is 6.01. The fourth-order valence-electron chi connectivity index (χ4n) is 1.73. The molecule has 1 aromatic carbocycles. The monoisotopic (exact) mass is 284 g/mol. The average molecular weight is 284 g/mol. The van der Waals surface area contributed by atoms with Gasteiger partial charge in [-0.3, -0.25) is 9.59 Å². The lowest BCUT2D eigenvalue weighted by molar-refractivity contribution is -0.157. The van der Waals surface area contributed by atoms with Crippen LogP contribution < -0.4 is 4.74 Å². The smallest absolute Gasteiger partial charge is 0.325 e. The Morgan fingerprint density at radius 1 is 1.15 bits per heavy atom. The third-order valence-corrected chi connectivity index (χ3v) is 2.55. The normalized spacial score (nSPS) is 10.2. The van der Waals surface area contributed by atoms with Crippen molar-refractivity contribution in [2.24, 2.45) is 0 Å². The molecule has 1 aromatic rings. The number of rotatable bonds is 6. The van der Waals surface area contributed by atoms with Crippen molar-refractivity contribution in [3.05, 3.63) is 29.6 Å². The van der Waals surface area contributed by atoms with E-state index in [1.807, 2.05) is 0 Å². The molecule has 0 unspecified atom stereocenters. The van der Waals surface area contributed by atoms with E-state index < -0.39 is 23.7 Å². The summed E-state index contributed by atoms with van der Waals surface area (Å²) < 4.78 is 28.1. The Labute approximate surface area is 116 Å². The Hall–Kier alpha value is -2.11. The zero-order chi connectivity index (χ0) is 15.1. The maximum atomic E-state index is 13.4. The topological polar surface area (TPSA) is 61.8 Å². The van der Waals surface area contributed by atoms with Crippen LogP contribution in [0.1, 0.15) is 25.3 Å². The lowest BCUT2D eigenvalue weighted by Crippen LogP contribution is -2.26. The highest BCUT2D eigenvalue weighted by Gasteiger charge is 2.34. The molecule has 20 heavy (non-hydrogen) atoms. The van der Waals surface area contributed by atoms with Gasteiger partial charge in [0.2, 0.25) is 0 Å². The minimum absolute atomic E-state index is 0.0874. The molecule has 0 N–H and O–H groups in total. The molecule has 0 spiro atoms. The predicted molar refractivity (Wildman–Crippen MR) is 69.0 cm³/mol. The van der Waals surface area contributed by atoms with E-state index in [2.05, 4.69) is 0 Å². The molecule has 0 bridgehead atoms. The zero-order valence-electron chi connectivity index (χ0n) is 11.6. The van der Waals surface area contributed by atoms with E-state index in [0.29, 0.717) is 0 Å². The van der Waals surface area contributed by atoms with Gasteiger partial charge in [0.05, 0.1) is 20.3 Å². The van der Waals surface area contributed by atoms with Crippen molar-refractivity contribution in [1.82, 2.24) is 0 Å². The van der Waals surface area contributed by atoms with E-state index in [9.17, 15) is 14.0 Å². The van der Waals surface area contributed by atoms with Crippen molar-refractivity contribution in [1.29, 1.82) is 0 Å². The second-order valence-electron chi connectivity index (χ2n) is 3.82. The molecule has 0 aromatic heterocycles. The van der Waals surface area contributed by atoms with Crippen LogP contribution in [0.15, 0.2) is 18.2 Å². The molecule has 6 heteroatoms. The summed E-state index contributed by atoms with van der Waals surface area (Å²) in [6.07, 6.45) is 0. The summed E-state index contributed by atoms with van der Waals surface area (Å²) in [5, 5.41) is 0. The van der Waals surface area contributed by atoms with Gasteiger partial charge in [-0.15, -0.1) is 0 Å². The summed E-state index contributed by atoms with van der Waals surface area (Å²) in [5.41, 5.74) is 0.0874. The van der Waals surface area contributed by atoms with Crippen LogP contribution in [0.3, 0.4) is 0 Å². The molecule has 0 aliphatic carbocycles. The van der Waals surface area contributed by atoms with Crippen molar-refractivity contribution >= 4 is 11.9 Å². The van der Waals surface area contributed by atoms with Crippen LogP contribution in [0, 0.1) is 5.82 Å². The maximum absolute atomic E-state index is 13.4. The molecular weight excluding hydrogens is 267 g/mol. The number of carbonyl (C=O) groups is 2. The Bertz CT molecular complexity index is 468. The van der Waals surface area contributed by atoms with Gasteiger partial charge in [0.1, 0.15) is 11.6 Å². The van der Waals surface area contributed by atoms with Crippen molar-refractivity contribution < 1.29 is 28.2 Å². The van der Waals surface area contributed by atoms with Gasteiger partial charge < -0.3 is 14.2 Å². The second kappa shape index (κ2) is 7.47. The summed E-state index contributed by atoms with van der Waals surface area (Å²) in [4.78, 5) is 23.9. The highest BCUT2D eigenvalue weighted by atomic mass is 19.1. The molecule has 0 radical (unpaired) electrons. The third-order valence-electron chi connectivity index (χ3n) is 2.55. The van der Waals surface area contributed by atoms with Gasteiger partial charge >= 0.3 is 11.9 Å². The quantitative estimate of drug-likeness (QED) is 0.591. The van der Waals surface area contributed by atoms with Crippen LogP contribution in [0.4, 0.5) is 4.39 Å². The molecule has 0 amide bonds. The molecule has 0 saturated heterocycles. The molecule has 0 heterocycles. The first-order valence-corrected chi connectivity index (χ1v) is 6.21. The minimum Gasteiger partial charge on any atom is -0.496 e. The van der Waals surface area contributed by atoms with Crippen LogP contribution in [-0.4, -0.2) is 32.3 Å². The molecular formula is C14H17FO5. The summed E-state index contributed by atoms with van der Waals surface area (Å²) in [7, 11) is 1.37. The number of halogens is 1. The summed E-state index contributed by atoms with van der Waals surface area (Å²) in [6.45, 7) is 3.44. The number of hydrogen-bond donors (Lipinski definition) is 0. The molecule has 0 aliphatic rings. The lowest BCUT2D eigenvalue weighted by Gasteiger charge is -2.17. The number of carbonyl (C=O) groups excluding carboxylic acids is 2. The van der Waals surface area contributed by atoms with Gasteiger partial charge in [-0.25, -0.2) is 4.39 Å². The minimum atomic E-state index is -1.36. The van der Waals surface area contributed by atoms with Crippen LogP contribution >= 0.6 is 0 Å². The first-order valence-electron chi connectivity index (χ1n) is 6.21. The van der Waals surface area contributed by atoms with E-state index in [1.54, 1.807) is 13.8 Å². The first kappa shape index (κ1) is 15.9. The number of esters is 2. The number of benzene rings is 1. The van der Waals surface area contributed by atoms with Gasteiger partial charge in [-0.1, -0.05) is 0 Å². The first-order chi connectivity index (χ1) is 9.54. The Morgan fingerprint density at radius 2 is 1.70 bits per heavy atom. The summed E-state index contributed by atoms with van der Waals surface area (Å²) in [6, 6.07) is 3.59. The lowest BCUT2D eigenvalue weighted by atomic mass is 9.98. The molecule has 1 rings (SSSR count). The van der Waals surface area contributed by atoms with Crippen molar-refractivity contribution in [3.8, 4) is 5.75 Å². The average Bonchev–Trinajstić information content (AvgIpc) is 2.40. The number of methoxy groups -OCH3 is 1. The van der Waals surface area contributed by atoms with E-state index in [-0.39, 0.29) is 24.5 Å². The fourth-order valence-corrected chi connectivity index (χ4v) is 1.73. The fraction of sp³-hybridized carbons (Fsp3) is 0.429. The van der Waals surface area contributed by atoms with Gasteiger partial charge in [0.25, 0.3) is 0 Å². The van der Waals surface area contributed by atoms with Gasteiger partial charge in [-0.05, 0) is 32.0 Å².